The number of hydrogen-bond acceptors (Lipinski definition) is 10. The number of rotatable bonds is 14. The predicted molar refractivity (Wildman–Crippen MR) is 85.9 cm³/mol. The summed E-state index contributed by atoms with van der Waals surface area (Å²) in [4.78, 5) is 0. The molecule has 25 heavy (non-hydrogen) atoms. The van der Waals surface area contributed by atoms with Crippen LogP contribution in [0.15, 0.2) is 0 Å². The average molecular weight is 449 g/mol. The summed E-state index contributed by atoms with van der Waals surface area (Å²) in [5, 5.41) is 0. The molecule has 0 heterocycles. The summed E-state index contributed by atoms with van der Waals surface area (Å²) in [6.45, 7) is -1.11. The van der Waals surface area contributed by atoms with Crippen molar-refractivity contribution in [3.05, 3.63) is 0 Å². The lowest BCUT2D eigenvalue weighted by Gasteiger charge is -2.07. The van der Waals surface area contributed by atoms with Gasteiger partial charge in [0.2, 0.25) is 0 Å². The fourth-order valence-corrected chi connectivity index (χ4v) is 4.35. The SMILES string of the molecule is O=S(=O)(O)CCCCS(=O)(=O)OCOS(=O)(=O)CCCCS(=O)(=O)O. The third kappa shape index (κ3) is 16.8. The van der Waals surface area contributed by atoms with Crippen molar-refractivity contribution in [1.29, 1.82) is 0 Å². The van der Waals surface area contributed by atoms with Crippen molar-refractivity contribution in [2.45, 2.75) is 25.7 Å². The first kappa shape index (κ1) is 24.6. The largest absolute Gasteiger partial charge is 0.286 e. The van der Waals surface area contributed by atoms with Crippen molar-refractivity contribution < 1.29 is 51.1 Å². The van der Waals surface area contributed by atoms with Crippen LogP contribution in [0.3, 0.4) is 0 Å². The van der Waals surface area contributed by atoms with E-state index in [2.05, 4.69) is 8.37 Å². The predicted octanol–water partition coefficient (Wildman–Crippen LogP) is -1.03. The van der Waals surface area contributed by atoms with Gasteiger partial charge in [-0.1, -0.05) is 0 Å². The van der Waals surface area contributed by atoms with E-state index in [1.54, 1.807) is 0 Å². The first-order valence-corrected chi connectivity index (χ1v) is 13.1. The summed E-state index contributed by atoms with van der Waals surface area (Å²) in [5.74, 6) is -2.42. The molecule has 16 heteroatoms. The molecule has 0 saturated carbocycles. The first-order chi connectivity index (χ1) is 11.1. The lowest BCUT2D eigenvalue weighted by atomic mass is 10.4. The third-order valence-electron chi connectivity index (χ3n) is 2.55. The Kier molecular flexibility index (Phi) is 9.95. The van der Waals surface area contributed by atoms with Crippen LogP contribution in [0.25, 0.3) is 0 Å². The smallest absolute Gasteiger partial charge is 0.269 e. The molecule has 0 aliphatic carbocycles. The van der Waals surface area contributed by atoms with Gasteiger partial charge in [0.05, 0.1) is 23.0 Å². The maximum atomic E-state index is 11.4. The van der Waals surface area contributed by atoms with Crippen molar-refractivity contribution in [3.8, 4) is 0 Å². The monoisotopic (exact) mass is 448 g/mol. The highest BCUT2D eigenvalue weighted by Crippen LogP contribution is 2.05. The van der Waals surface area contributed by atoms with E-state index < -0.39 is 70.3 Å². The van der Waals surface area contributed by atoms with E-state index in [-0.39, 0.29) is 25.7 Å². The van der Waals surface area contributed by atoms with E-state index in [1.165, 1.54) is 0 Å². The topological polar surface area (TPSA) is 195 Å². The molecule has 0 aromatic heterocycles. The molecule has 2 N–H and O–H groups in total. The molecule has 152 valence electrons. The maximum Gasteiger partial charge on any atom is 0.269 e. The van der Waals surface area contributed by atoms with Crippen LogP contribution >= 0.6 is 0 Å². The minimum atomic E-state index is -4.19. The molecule has 0 rings (SSSR count). The zero-order valence-corrected chi connectivity index (χ0v) is 16.2. The van der Waals surface area contributed by atoms with Crippen molar-refractivity contribution in [2.75, 3.05) is 29.8 Å². The zero-order chi connectivity index (χ0) is 19.8. The molecule has 0 fully saturated rings. The van der Waals surface area contributed by atoms with E-state index in [0.717, 1.165) is 0 Å². The maximum absolute atomic E-state index is 11.4. The van der Waals surface area contributed by atoms with E-state index in [0.29, 0.717) is 0 Å². The van der Waals surface area contributed by atoms with Crippen LogP contribution in [-0.4, -0.2) is 72.6 Å². The van der Waals surface area contributed by atoms with Gasteiger partial charge in [-0.15, -0.1) is 0 Å². The second-order valence-electron chi connectivity index (χ2n) is 4.86. The molecular weight excluding hydrogens is 428 g/mol. The molecule has 0 aliphatic rings. The minimum Gasteiger partial charge on any atom is -0.286 e. The molecule has 12 nitrogen and oxygen atoms in total. The molecule has 0 atom stereocenters. The van der Waals surface area contributed by atoms with Crippen molar-refractivity contribution in [1.82, 2.24) is 0 Å². The number of unbranched alkanes of at least 4 members (excludes halogenated alkanes) is 2. The van der Waals surface area contributed by atoms with Gasteiger partial charge >= 0.3 is 0 Å². The molecule has 0 spiro atoms. The van der Waals surface area contributed by atoms with E-state index in [9.17, 15) is 33.7 Å². The summed E-state index contributed by atoms with van der Waals surface area (Å²) in [6.07, 6.45) is -0.530. The highest BCUT2D eigenvalue weighted by atomic mass is 32.2. The van der Waals surface area contributed by atoms with Crippen LogP contribution in [0, 0.1) is 0 Å². The van der Waals surface area contributed by atoms with Gasteiger partial charge in [0, 0.05) is 0 Å². The fourth-order valence-electron chi connectivity index (χ4n) is 1.41. The normalized spacial score (nSPS) is 13.8. The van der Waals surface area contributed by atoms with Crippen LogP contribution in [0.4, 0.5) is 0 Å². The van der Waals surface area contributed by atoms with Gasteiger partial charge in [-0.2, -0.15) is 33.7 Å². The minimum absolute atomic E-state index is 0.131. The third-order valence-corrected chi connectivity index (χ3v) is 6.65. The second-order valence-corrected chi connectivity index (χ2v) is 11.5. The molecule has 0 amide bonds. The van der Waals surface area contributed by atoms with E-state index in [4.69, 9.17) is 9.11 Å². The standard InChI is InChI=1S/C9H20O12S4/c10-22(11,12)5-1-3-7-24(16,17)20-9-21-25(18,19)8-4-2-6-23(13,14)15/h1-9H2,(H,10,11,12)(H,13,14,15). The van der Waals surface area contributed by atoms with Crippen LogP contribution < -0.4 is 0 Å². The molecule has 0 aliphatic heterocycles. The Bertz CT molecular complexity index is 736. The Labute approximate surface area is 147 Å². The summed E-state index contributed by atoms with van der Waals surface area (Å²) >= 11 is 0. The Morgan fingerprint density at radius 3 is 1.08 bits per heavy atom. The first-order valence-electron chi connectivity index (χ1n) is 6.76. The zero-order valence-electron chi connectivity index (χ0n) is 13.0. The Hall–Kier alpha value is -0.360. The summed E-state index contributed by atoms with van der Waals surface area (Å²) < 4.78 is 113. The van der Waals surface area contributed by atoms with Gasteiger partial charge in [0.25, 0.3) is 40.5 Å². The van der Waals surface area contributed by atoms with Gasteiger partial charge in [-0.25, -0.2) is 8.37 Å². The summed E-state index contributed by atoms with van der Waals surface area (Å²) in [7, 11) is -16.7. The van der Waals surface area contributed by atoms with Crippen molar-refractivity contribution in [3.63, 3.8) is 0 Å². The summed E-state index contributed by atoms with van der Waals surface area (Å²) in [5.41, 5.74) is 0. The van der Waals surface area contributed by atoms with E-state index in [1.807, 2.05) is 0 Å². The average Bonchev–Trinajstić information content (AvgIpc) is 2.37. The fraction of sp³-hybridized carbons (Fsp3) is 1.00. The lowest BCUT2D eigenvalue weighted by Crippen LogP contribution is -2.18. The Morgan fingerprint density at radius 2 is 0.800 bits per heavy atom. The molecule has 0 saturated heterocycles. The van der Waals surface area contributed by atoms with Crippen molar-refractivity contribution >= 4 is 40.5 Å². The highest BCUT2D eigenvalue weighted by molar-refractivity contribution is 7.87. The van der Waals surface area contributed by atoms with Crippen LogP contribution in [0.1, 0.15) is 25.7 Å². The van der Waals surface area contributed by atoms with Gasteiger partial charge in [0.1, 0.15) is 0 Å². The molecule has 0 bridgehead atoms. The Morgan fingerprint density at radius 1 is 0.520 bits per heavy atom. The molecular formula is C9H20O12S4. The van der Waals surface area contributed by atoms with Crippen LogP contribution in [-0.2, 0) is 48.8 Å². The number of hydrogen-bond donors (Lipinski definition) is 2. The van der Waals surface area contributed by atoms with Crippen LogP contribution in [0.2, 0.25) is 0 Å². The van der Waals surface area contributed by atoms with Crippen LogP contribution in [0.5, 0.6) is 0 Å². The summed E-state index contributed by atoms with van der Waals surface area (Å²) in [6, 6.07) is 0. The Balaban J connectivity index is 4.09. The van der Waals surface area contributed by atoms with Gasteiger partial charge in [-0.3, -0.25) is 9.11 Å². The second kappa shape index (κ2) is 10.1. The van der Waals surface area contributed by atoms with E-state index >= 15 is 0 Å². The quantitative estimate of drug-likeness (QED) is 0.142. The molecule has 0 radical (unpaired) electrons. The molecule has 0 aromatic carbocycles. The van der Waals surface area contributed by atoms with Gasteiger partial charge in [-0.05, 0) is 25.7 Å². The molecule has 0 unspecified atom stereocenters. The highest BCUT2D eigenvalue weighted by Gasteiger charge is 2.17. The van der Waals surface area contributed by atoms with Crippen molar-refractivity contribution in [2.24, 2.45) is 0 Å². The lowest BCUT2D eigenvalue weighted by molar-refractivity contribution is 0.132. The van der Waals surface area contributed by atoms with Gasteiger partial charge in [0.15, 0.2) is 6.79 Å². The van der Waals surface area contributed by atoms with Gasteiger partial charge < -0.3 is 0 Å². The molecule has 0 aromatic rings.